The Morgan fingerprint density at radius 2 is 1.66 bits per heavy atom. The average molecular weight is 497 g/mol. The van der Waals surface area contributed by atoms with Gasteiger partial charge in [0, 0.05) is 30.7 Å². The molecule has 35 heavy (non-hydrogen) atoms. The van der Waals surface area contributed by atoms with Crippen molar-refractivity contribution in [3.63, 3.8) is 0 Å². The molecule has 1 saturated heterocycles. The largest absolute Gasteiger partial charge is 0.481 e. The number of rotatable bonds is 9. The van der Waals surface area contributed by atoms with E-state index in [9.17, 15) is 14.4 Å². The molecule has 2 amide bonds. The van der Waals surface area contributed by atoms with Gasteiger partial charge >= 0.3 is 12.1 Å². The summed E-state index contributed by atoms with van der Waals surface area (Å²) in [6.45, 7) is 3.50. The third-order valence-electron chi connectivity index (χ3n) is 6.74. The predicted molar refractivity (Wildman–Crippen MR) is 137 cm³/mol. The van der Waals surface area contributed by atoms with E-state index in [1.807, 2.05) is 48.2 Å². The summed E-state index contributed by atoms with van der Waals surface area (Å²) in [5.74, 6) is -0.283. The van der Waals surface area contributed by atoms with Crippen LogP contribution >= 0.6 is 11.8 Å². The van der Waals surface area contributed by atoms with Gasteiger partial charge in [0.05, 0.1) is 0 Å². The second kappa shape index (κ2) is 11.6. The SMILES string of the molecule is CCSC1CCN(C(=O)C(CCC(=O)O)NC(=O)OCC2c3ccccc3-c3ccccc32)CC1. The van der Waals surface area contributed by atoms with Crippen LogP contribution < -0.4 is 5.32 Å². The zero-order valence-corrected chi connectivity index (χ0v) is 20.8. The highest BCUT2D eigenvalue weighted by atomic mass is 32.2. The number of alkyl carbamates (subject to hydrolysis) is 1. The number of carboxylic acids is 1. The first-order chi connectivity index (χ1) is 17.0. The second-order valence-electron chi connectivity index (χ2n) is 8.93. The first-order valence-electron chi connectivity index (χ1n) is 12.2. The molecule has 1 unspecified atom stereocenters. The molecule has 8 heteroatoms. The number of carboxylic acid groups (broad SMARTS) is 1. The van der Waals surface area contributed by atoms with Gasteiger partial charge in [-0.2, -0.15) is 11.8 Å². The Morgan fingerprint density at radius 3 is 2.23 bits per heavy atom. The minimum absolute atomic E-state index is 0.0298. The first-order valence-corrected chi connectivity index (χ1v) is 13.3. The molecule has 2 aliphatic rings. The zero-order valence-electron chi connectivity index (χ0n) is 19.9. The number of carbonyl (C=O) groups is 3. The van der Waals surface area contributed by atoms with Gasteiger partial charge in [-0.15, -0.1) is 0 Å². The maximum absolute atomic E-state index is 13.2. The molecule has 0 aromatic heterocycles. The summed E-state index contributed by atoms with van der Waals surface area (Å²) in [6, 6.07) is 15.2. The fourth-order valence-corrected chi connectivity index (χ4v) is 6.02. The number of hydrogen-bond acceptors (Lipinski definition) is 5. The lowest BCUT2D eigenvalue weighted by molar-refractivity contribution is -0.138. The molecule has 4 rings (SSSR count). The number of nitrogens with one attached hydrogen (secondary N) is 1. The van der Waals surface area contributed by atoms with Gasteiger partial charge in [-0.25, -0.2) is 4.79 Å². The van der Waals surface area contributed by atoms with Gasteiger partial charge in [0.25, 0.3) is 0 Å². The Balaban J connectivity index is 1.39. The molecule has 2 aromatic carbocycles. The van der Waals surface area contributed by atoms with Gasteiger partial charge in [-0.05, 0) is 47.3 Å². The predicted octanol–water partition coefficient (Wildman–Crippen LogP) is 4.50. The molecule has 7 nitrogen and oxygen atoms in total. The minimum atomic E-state index is -1.00. The van der Waals surface area contributed by atoms with Crippen LogP contribution in [0, 0.1) is 0 Å². The van der Waals surface area contributed by atoms with Gasteiger partial charge in [-0.1, -0.05) is 55.5 Å². The topological polar surface area (TPSA) is 95.9 Å². The van der Waals surface area contributed by atoms with Crippen molar-refractivity contribution in [3.05, 3.63) is 59.7 Å². The molecule has 1 aliphatic carbocycles. The molecule has 0 spiro atoms. The highest BCUT2D eigenvalue weighted by molar-refractivity contribution is 7.99. The number of hydrogen-bond donors (Lipinski definition) is 2. The van der Waals surface area contributed by atoms with E-state index in [4.69, 9.17) is 9.84 Å². The zero-order chi connectivity index (χ0) is 24.8. The summed E-state index contributed by atoms with van der Waals surface area (Å²) in [6.07, 6.45) is 0.929. The number of fused-ring (bicyclic) bond motifs is 3. The number of piperidine rings is 1. The maximum atomic E-state index is 13.2. The highest BCUT2D eigenvalue weighted by Crippen LogP contribution is 2.44. The molecular weight excluding hydrogens is 464 g/mol. The van der Waals surface area contributed by atoms with Crippen molar-refractivity contribution in [2.45, 2.75) is 49.8 Å². The number of ether oxygens (including phenoxy) is 1. The number of likely N-dealkylation sites (tertiary alicyclic amines) is 1. The van der Waals surface area contributed by atoms with Gasteiger partial charge in [0.2, 0.25) is 5.91 Å². The smallest absolute Gasteiger partial charge is 0.407 e. The maximum Gasteiger partial charge on any atom is 0.407 e. The fraction of sp³-hybridized carbons (Fsp3) is 0.444. The van der Waals surface area contributed by atoms with E-state index >= 15 is 0 Å². The average Bonchev–Trinajstić information content (AvgIpc) is 3.19. The Labute approximate surface area is 210 Å². The minimum Gasteiger partial charge on any atom is -0.481 e. The molecular formula is C27H32N2O5S. The summed E-state index contributed by atoms with van der Waals surface area (Å²) in [5.41, 5.74) is 4.48. The van der Waals surface area contributed by atoms with Crippen molar-refractivity contribution in [2.24, 2.45) is 0 Å². The summed E-state index contributed by atoms with van der Waals surface area (Å²) in [5, 5.41) is 12.3. The quantitative estimate of drug-likeness (QED) is 0.531. The molecule has 186 valence electrons. The Hall–Kier alpha value is -3.00. The number of nitrogens with zero attached hydrogens (tertiary/aromatic N) is 1. The fourth-order valence-electron chi connectivity index (χ4n) is 5.01. The summed E-state index contributed by atoms with van der Waals surface area (Å²) >= 11 is 1.90. The lowest BCUT2D eigenvalue weighted by Crippen LogP contribution is -2.51. The van der Waals surface area contributed by atoms with Gasteiger partial charge < -0.3 is 20.1 Å². The molecule has 0 bridgehead atoms. The van der Waals surface area contributed by atoms with Crippen LogP contribution in [-0.2, 0) is 14.3 Å². The van der Waals surface area contributed by atoms with Crippen LogP contribution in [0.4, 0.5) is 4.79 Å². The summed E-state index contributed by atoms with van der Waals surface area (Å²) in [4.78, 5) is 38.8. The summed E-state index contributed by atoms with van der Waals surface area (Å²) in [7, 11) is 0. The van der Waals surface area contributed by atoms with E-state index < -0.39 is 18.1 Å². The molecule has 1 fully saturated rings. The van der Waals surface area contributed by atoms with Gasteiger partial charge in [0.1, 0.15) is 12.6 Å². The lowest BCUT2D eigenvalue weighted by Gasteiger charge is -2.34. The molecule has 1 aliphatic heterocycles. The van der Waals surface area contributed by atoms with Gasteiger partial charge in [0.15, 0.2) is 0 Å². The van der Waals surface area contributed by atoms with E-state index in [2.05, 4.69) is 24.4 Å². The van der Waals surface area contributed by atoms with Crippen molar-refractivity contribution < 1.29 is 24.2 Å². The van der Waals surface area contributed by atoms with Crippen molar-refractivity contribution in [1.29, 1.82) is 0 Å². The van der Waals surface area contributed by atoms with Crippen molar-refractivity contribution in [3.8, 4) is 11.1 Å². The Morgan fingerprint density at radius 1 is 1.06 bits per heavy atom. The van der Waals surface area contributed by atoms with Crippen molar-refractivity contribution in [1.82, 2.24) is 10.2 Å². The van der Waals surface area contributed by atoms with Crippen molar-refractivity contribution in [2.75, 3.05) is 25.4 Å². The number of carbonyl (C=O) groups excluding carboxylic acids is 2. The number of amides is 2. The molecule has 2 aromatic rings. The van der Waals surface area contributed by atoms with Crippen LogP contribution in [0.3, 0.4) is 0 Å². The van der Waals surface area contributed by atoms with Gasteiger partial charge in [-0.3, -0.25) is 9.59 Å². The van der Waals surface area contributed by atoms with Crippen LogP contribution in [0.2, 0.25) is 0 Å². The molecule has 1 heterocycles. The monoisotopic (exact) mass is 496 g/mol. The number of benzene rings is 2. The van der Waals surface area contributed by atoms with Crippen LogP contribution in [-0.4, -0.2) is 64.7 Å². The normalized spacial score (nSPS) is 16.3. The lowest BCUT2D eigenvalue weighted by atomic mass is 9.98. The molecule has 2 N–H and O–H groups in total. The van der Waals surface area contributed by atoms with Crippen LogP contribution in [0.25, 0.3) is 11.1 Å². The standard InChI is InChI=1S/C27H32N2O5S/c1-2-35-18-13-15-29(16-14-18)26(32)24(11-12-25(30)31)28-27(33)34-17-23-21-9-5-3-7-19(21)20-8-4-6-10-22(20)23/h3-10,18,23-24H,2,11-17H2,1H3,(H,28,33)(H,30,31). The molecule has 0 radical (unpaired) electrons. The van der Waals surface area contributed by atoms with Crippen LogP contribution in [0.5, 0.6) is 0 Å². The van der Waals surface area contributed by atoms with E-state index in [1.165, 1.54) is 0 Å². The summed E-state index contributed by atoms with van der Waals surface area (Å²) < 4.78 is 5.59. The second-order valence-corrected chi connectivity index (χ2v) is 10.5. The third-order valence-corrected chi connectivity index (χ3v) is 8.01. The molecule has 0 saturated carbocycles. The van der Waals surface area contributed by atoms with Crippen LogP contribution in [0.1, 0.15) is 49.7 Å². The number of thioether (sulfide) groups is 1. The highest BCUT2D eigenvalue weighted by Gasteiger charge is 2.32. The Kier molecular flexibility index (Phi) is 8.33. The number of aliphatic carboxylic acids is 1. The van der Waals surface area contributed by atoms with E-state index in [0.29, 0.717) is 18.3 Å². The molecule has 1 atom stereocenters. The third kappa shape index (κ3) is 5.99. The van der Waals surface area contributed by atoms with Crippen LogP contribution in [0.15, 0.2) is 48.5 Å². The first kappa shape index (κ1) is 25.1. The van der Waals surface area contributed by atoms with E-state index in [0.717, 1.165) is 40.8 Å². The van der Waals surface area contributed by atoms with E-state index in [-0.39, 0.29) is 31.3 Å². The van der Waals surface area contributed by atoms with Crippen molar-refractivity contribution >= 4 is 29.7 Å². The van der Waals surface area contributed by atoms with E-state index in [1.54, 1.807) is 4.90 Å². The Bertz CT molecular complexity index is 1020.